The van der Waals surface area contributed by atoms with Crippen LogP contribution in [0.15, 0.2) is 77.2 Å². The Labute approximate surface area is 165 Å². The Morgan fingerprint density at radius 2 is 1.41 bits per heavy atom. The van der Waals surface area contributed by atoms with Gasteiger partial charge in [-0.25, -0.2) is 4.98 Å². The van der Waals surface area contributed by atoms with E-state index in [0.717, 1.165) is 28.8 Å². The van der Waals surface area contributed by atoms with Gasteiger partial charge in [0.15, 0.2) is 0 Å². The van der Waals surface area contributed by atoms with Gasteiger partial charge in [-0.2, -0.15) is 13.2 Å². The minimum atomic E-state index is -4.38. The van der Waals surface area contributed by atoms with E-state index in [1.54, 1.807) is 19.1 Å². The number of phenols is 1. The summed E-state index contributed by atoms with van der Waals surface area (Å²) in [7, 11) is 0. The SMILES string of the molecule is Cc1oc(-c2ccc(C(F)(F)F)cc2)nc1-c1cccc(-c2ccc(O)cc2)c1. The third-order valence-corrected chi connectivity index (χ3v) is 4.59. The van der Waals surface area contributed by atoms with Gasteiger partial charge in [0.05, 0.1) is 5.56 Å². The fourth-order valence-corrected chi connectivity index (χ4v) is 3.09. The van der Waals surface area contributed by atoms with E-state index < -0.39 is 11.7 Å². The number of hydrogen-bond acceptors (Lipinski definition) is 3. The van der Waals surface area contributed by atoms with Crippen LogP contribution in [0.3, 0.4) is 0 Å². The maximum atomic E-state index is 12.8. The summed E-state index contributed by atoms with van der Waals surface area (Å²) >= 11 is 0. The smallest absolute Gasteiger partial charge is 0.416 e. The lowest BCUT2D eigenvalue weighted by atomic mass is 10.0. The molecule has 29 heavy (non-hydrogen) atoms. The Bertz CT molecular complexity index is 1140. The minimum Gasteiger partial charge on any atom is -0.508 e. The van der Waals surface area contributed by atoms with Crippen LogP contribution in [0.2, 0.25) is 0 Å². The van der Waals surface area contributed by atoms with E-state index in [1.165, 1.54) is 12.1 Å². The van der Waals surface area contributed by atoms with Gasteiger partial charge in [0, 0.05) is 11.1 Å². The molecule has 0 spiro atoms. The summed E-state index contributed by atoms with van der Waals surface area (Å²) < 4.78 is 44.0. The van der Waals surface area contributed by atoms with E-state index in [2.05, 4.69) is 4.98 Å². The first-order chi connectivity index (χ1) is 13.8. The van der Waals surface area contributed by atoms with Gasteiger partial charge >= 0.3 is 6.18 Å². The summed E-state index contributed by atoms with van der Waals surface area (Å²) in [5.74, 6) is 1.03. The molecule has 0 amide bonds. The molecule has 0 saturated heterocycles. The number of aryl methyl sites for hydroxylation is 1. The minimum absolute atomic E-state index is 0.193. The van der Waals surface area contributed by atoms with Crippen LogP contribution in [0.4, 0.5) is 13.2 Å². The molecule has 4 rings (SSSR count). The molecule has 0 aliphatic heterocycles. The quantitative estimate of drug-likeness (QED) is 0.419. The van der Waals surface area contributed by atoms with Crippen molar-refractivity contribution in [1.29, 1.82) is 0 Å². The van der Waals surface area contributed by atoms with Crippen molar-refractivity contribution in [2.24, 2.45) is 0 Å². The molecule has 146 valence electrons. The lowest BCUT2D eigenvalue weighted by molar-refractivity contribution is -0.137. The molecule has 0 radical (unpaired) electrons. The maximum absolute atomic E-state index is 12.8. The molecule has 1 N–H and O–H groups in total. The zero-order valence-corrected chi connectivity index (χ0v) is 15.4. The average molecular weight is 395 g/mol. The molecular formula is C23H16F3NO2. The molecule has 1 heterocycles. The van der Waals surface area contributed by atoms with Gasteiger partial charge in [-0.05, 0) is 60.5 Å². The average Bonchev–Trinajstić information content (AvgIpc) is 3.10. The molecule has 3 nitrogen and oxygen atoms in total. The Morgan fingerprint density at radius 3 is 2.07 bits per heavy atom. The van der Waals surface area contributed by atoms with Crippen LogP contribution in [0.25, 0.3) is 33.8 Å². The van der Waals surface area contributed by atoms with Crippen molar-refractivity contribution >= 4 is 0 Å². The number of halogens is 3. The molecule has 0 aliphatic rings. The number of alkyl halides is 3. The second-order valence-electron chi connectivity index (χ2n) is 6.63. The fraction of sp³-hybridized carbons (Fsp3) is 0.0870. The molecule has 0 saturated carbocycles. The van der Waals surface area contributed by atoms with Crippen molar-refractivity contribution in [2.75, 3.05) is 0 Å². The molecule has 0 fully saturated rings. The van der Waals surface area contributed by atoms with Crippen molar-refractivity contribution in [3.63, 3.8) is 0 Å². The first-order valence-electron chi connectivity index (χ1n) is 8.86. The van der Waals surface area contributed by atoms with Crippen LogP contribution in [-0.2, 0) is 6.18 Å². The number of aromatic hydroxyl groups is 1. The molecule has 6 heteroatoms. The zero-order chi connectivity index (χ0) is 20.6. The molecule has 3 aromatic carbocycles. The first kappa shape index (κ1) is 18.8. The topological polar surface area (TPSA) is 46.3 Å². The normalized spacial score (nSPS) is 11.6. The van der Waals surface area contributed by atoms with Gasteiger partial charge in [-0.3, -0.25) is 0 Å². The summed E-state index contributed by atoms with van der Waals surface area (Å²) in [4.78, 5) is 4.50. The number of phenolic OH excluding ortho intramolecular Hbond substituents is 1. The molecule has 0 bridgehead atoms. The number of oxazole rings is 1. The second-order valence-corrected chi connectivity index (χ2v) is 6.63. The molecule has 0 atom stereocenters. The number of benzene rings is 3. The third-order valence-electron chi connectivity index (χ3n) is 4.59. The van der Waals surface area contributed by atoms with Crippen LogP contribution in [0.5, 0.6) is 5.75 Å². The Morgan fingerprint density at radius 1 is 0.793 bits per heavy atom. The maximum Gasteiger partial charge on any atom is 0.416 e. The van der Waals surface area contributed by atoms with Crippen LogP contribution in [-0.4, -0.2) is 10.1 Å². The molecule has 0 unspecified atom stereocenters. The summed E-state index contributed by atoms with van der Waals surface area (Å²) in [5, 5.41) is 9.46. The standard InChI is InChI=1S/C23H16F3NO2/c1-14-21(18-4-2-3-17(13-18)15-7-11-20(28)12-8-15)27-22(29-14)16-5-9-19(10-6-16)23(24,25)26/h2-13,28H,1H3. The highest BCUT2D eigenvalue weighted by molar-refractivity contribution is 5.73. The molecule has 4 aromatic rings. The van der Waals surface area contributed by atoms with Crippen LogP contribution >= 0.6 is 0 Å². The highest BCUT2D eigenvalue weighted by Gasteiger charge is 2.30. The Hall–Kier alpha value is -3.54. The lowest BCUT2D eigenvalue weighted by Crippen LogP contribution is -2.03. The number of hydrogen-bond donors (Lipinski definition) is 1. The van der Waals surface area contributed by atoms with E-state index in [1.807, 2.05) is 36.4 Å². The summed E-state index contributed by atoms with van der Waals surface area (Å²) in [5.41, 5.74) is 3.10. The van der Waals surface area contributed by atoms with Gasteiger partial charge in [0.1, 0.15) is 17.2 Å². The summed E-state index contributed by atoms with van der Waals surface area (Å²) in [6, 6.07) is 19.3. The lowest BCUT2D eigenvalue weighted by Gasteiger charge is -2.06. The van der Waals surface area contributed by atoms with Crippen molar-refractivity contribution in [3.8, 4) is 39.6 Å². The third kappa shape index (κ3) is 3.87. The largest absolute Gasteiger partial charge is 0.508 e. The molecule has 0 aliphatic carbocycles. The van der Waals surface area contributed by atoms with Crippen LogP contribution in [0.1, 0.15) is 11.3 Å². The summed E-state index contributed by atoms with van der Waals surface area (Å²) in [6.07, 6.45) is -4.38. The Kier molecular flexibility index (Phi) is 4.62. The van der Waals surface area contributed by atoms with Gasteiger partial charge < -0.3 is 9.52 Å². The zero-order valence-electron chi connectivity index (χ0n) is 15.4. The van der Waals surface area contributed by atoms with Gasteiger partial charge in [-0.15, -0.1) is 0 Å². The highest BCUT2D eigenvalue weighted by Crippen LogP contribution is 2.34. The Balaban J connectivity index is 1.68. The van der Waals surface area contributed by atoms with Crippen LogP contribution < -0.4 is 0 Å². The van der Waals surface area contributed by atoms with E-state index in [0.29, 0.717) is 17.0 Å². The highest BCUT2D eigenvalue weighted by atomic mass is 19.4. The predicted molar refractivity (Wildman–Crippen MR) is 104 cm³/mol. The predicted octanol–water partition coefficient (Wildman–Crippen LogP) is 6.71. The number of aromatic nitrogens is 1. The monoisotopic (exact) mass is 395 g/mol. The fourth-order valence-electron chi connectivity index (χ4n) is 3.09. The van der Waals surface area contributed by atoms with E-state index in [-0.39, 0.29) is 11.6 Å². The van der Waals surface area contributed by atoms with Crippen molar-refractivity contribution in [2.45, 2.75) is 13.1 Å². The van der Waals surface area contributed by atoms with Gasteiger partial charge in [0.25, 0.3) is 0 Å². The number of rotatable bonds is 3. The summed E-state index contributed by atoms with van der Waals surface area (Å²) in [6.45, 7) is 1.77. The first-order valence-corrected chi connectivity index (χ1v) is 8.86. The second kappa shape index (κ2) is 7.13. The van der Waals surface area contributed by atoms with Crippen molar-refractivity contribution in [1.82, 2.24) is 4.98 Å². The van der Waals surface area contributed by atoms with Crippen LogP contribution in [0, 0.1) is 6.92 Å². The molecule has 1 aromatic heterocycles. The van der Waals surface area contributed by atoms with E-state index in [9.17, 15) is 18.3 Å². The van der Waals surface area contributed by atoms with E-state index in [4.69, 9.17) is 4.42 Å². The van der Waals surface area contributed by atoms with Gasteiger partial charge in [0.2, 0.25) is 5.89 Å². The van der Waals surface area contributed by atoms with Gasteiger partial charge in [-0.1, -0.05) is 30.3 Å². The van der Waals surface area contributed by atoms with E-state index >= 15 is 0 Å². The van der Waals surface area contributed by atoms with Crippen molar-refractivity contribution in [3.05, 3.63) is 84.1 Å². The molecular weight excluding hydrogens is 379 g/mol. The number of nitrogens with zero attached hydrogens (tertiary/aromatic N) is 1. The van der Waals surface area contributed by atoms with Crippen molar-refractivity contribution < 1.29 is 22.7 Å².